The fraction of sp³-hybridized carbons (Fsp3) is 0.0435. The highest BCUT2D eigenvalue weighted by Crippen LogP contribution is 2.26. The highest BCUT2D eigenvalue weighted by molar-refractivity contribution is 5.81. The van der Waals surface area contributed by atoms with E-state index in [-0.39, 0.29) is 5.69 Å². The molecule has 0 atom stereocenters. The van der Waals surface area contributed by atoms with E-state index in [9.17, 15) is 10.1 Å². The van der Waals surface area contributed by atoms with E-state index in [4.69, 9.17) is 4.42 Å². The number of aliphatic imine (C=N–C) groups is 1. The Hall–Kier alpha value is -4.06. The van der Waals surface area contributed by atoms with Crippen LogP contribution in [0.15, 0.2) is 82.2 Å². The highest BCUT2D eigenvalue weighted by atomic mass is 16.6. The van der Waals surface area contributed by atoms with Crippen LogP contribution in [0, 0.1) is 17.0 Å². The van der Waals surface area contributed by atoms with E-state index in [0.29, 0.717) is 5.89 Å². The third-order valence-electron chi connectivity index (χ3n) is 4.34. The Kier molecular flexibility index (Phi) is 4.99. The SMILES string of the molecule is Cc1ccc2nc(-c3ccc(N=C/C=C\c4cccc([N+](=O)[O-])c4)cc3)oc2c1. The predicted molar refractivity (Wildman–Crippen MR) is 114 cm³/mol. The molecular weight excluding hydrogens is 366 g/mol. The Morgan fingerprint density at radius 1 is 1.07 bits per heavy atom. The maximum Gasteiger partial charge on any atom is 0.270 e. The first kappa shape index (κ1) is 18.3. The molecule has 4 rings (SSSR count). The van der Waals surface area contributed by atoms with Crippen LogP contribution < -0.4 is 0 Å². The fourth-order valence-corrected chi connectivity index (χ4v) is 2.87. The van der Waals surface area contributed by atoms with Crippen molar-refractivity contribution in [1.82, 2.24) is 4.98 Å². The number of aryl methyl sites for hydroxylation is 1. The van der Waals surface area contributed by atoms with Crippen LogP contribution in [0.25, 0.3) is 28.6 Å². The number of rotatable bonds is 5. The maximum atomic E-state index is 10.8. The largest absolute Gasteiger partial charge is 0.436 e. The first-order valence-corrected chi connectivity index (χ1v) is 9.01. The summed E-state index contributed by atoms with van der Waals surface area (Å²) in [7, 11) is 0. The Labute approximate surface area is 167 Å². The number of nitro benzene ring substituents is 1. The van der Waals surface area contributed by atoms with Crippen molar-refractivity contribution in [3.05, 3.63) is 94.0 Å². The summed E-state index contributed by atoms with van der Waals surface area (Å²) in [6.07, 6.45) is 5.16. The van der Waals surface area contributed by atoms with Crippen molar-refractivity contribution in [2.24, 2.45) is 4.99 Å². The van der Waals surface area contributed by atoms with Gasteiger partial charge in [-0.3, -0.25) is 15.1 Å². The van der Waals surface area contributed by atoms with Gasteiger partial charge in [0.1, 0.15) is 5.52 Å². The molecule has 6 nitrogen and oxygen atoms in total. The average Bonchev–Trinajstić information content (AvgIpc) is 3.15. The maximum absolute atomic E-state index is 10.8. The molecule has 0 aliphatic carbocycles. The summed E-state index contributed by atoms with van der Waals surface area (Å²) in [6, 6.07) is 19.9. The zero-order valence-corrected chi connectivity index (χ0v) is 15.6. The molecule has 0 radical (unpaired) electrons. The lowest BCUT2D eigenvalue weighted by molar-refractivity contribution is -0.384. The van der Waals surface area contributed by atoms with Gasteiger partial charge in [-0.05, 0) is 60.5 Å². The lowest BCUT2D eigenvalue weighted by atomic mass is 10.2. The van der Waals surface area contributed by atoms with Crippen LogP contribution >= 0.6 is 0 Å². The van der Waals surface area contributed by atoms with Gasteiger partial charge in [-0.15, -0.1) is 0 Å². The van der Waals surface area contributed by atoms with Gasteiger partial charge in [-0.1, -0.05) is 24.3 Å². The first-order chi connectivity index (χ1) is 14.1. The number of aromatic nitrogens is 1. The van der Waals surface area contributed by atoms with Crippen molar-refractivity contribution in [3.8, 4) is 11.5 Å². The molecule has 0 spiro atoms. The number of oxazole rings is 1. The molecule has 29 heavy (non-hydrogen) atoms. The molecule has 0 aliphatic rings. The van der Waals surface area contributed by atoms with Gasteiger partial charge >= 0.3 is 0 Å². The Morgan fingerprint density at radius 3 is 2.69 bits per heavy atom. The van der Waals surface area contributed by atoms with E-state index >= 15 is 0 Å². The Bertz CT molecular complexity index is 1240. The summed E-state index contributed by atoms with van der Waals surface area (Å²) in [4.78, 5) is 19.3. The predicted octanol–water partition coefficient (Wildman–Crippen LogP) is 6.13. The first-order valence-electron chi connectivity index (χ1n) is 9.01. The molecule has 142 valence electrons. The molecule has 0 fully saturated rings. The van der Waals surface area contributed by atoms with Crippen molar-refractivity contribution in [1.29, 1.82) is 0 Å². The number of non-ortho nitro benzene ring substituents is 1. The molecule has 1 heterocycles. The summed E-state index contributed by atoms with van der Waals surface area (Å²) in [5.74, 6) is 0.576. The summed E-state index contributed by atoms with van der Waals surface area (Å²) in [5.41, 5.74) is 5.20. The van der Waals surface area contributed by atoms with E-state index in [1.54, 1.807) is 30.5 Å². The highest BCUT2D eigenvalue weighted by Gasteiger charge is 2.08. The monoisotopic (exact) mass is 383 g/mol. The summed E-state index contributed by atoms with van der Waals surface area (Å²) in [5, 5.41) is 10.8. The normalized spacial score (nSPS) is 11.6. The van der Waals surface area contributed by atoms with E-state index in [1.807, 2.05) is 49.4 Å². The zero-order valence-electron chi connectivity index (χ0n) is 15.6. The Balaban J connectivity index is 1.46. The molecule has 1 aromatic heterocycles. The van der Waals surface area contributed by atoms with Crippen LogP contribution in [0.4, 0.5) is 11.4 Å². The van der Waals surface area contributed by atoms with Crippen molar-refractivity contribution in [2.45, 2.75) is 6.92 Å². The molecule has 0 saturated heterocycles. The number of allylic oxidation sites excluding steroid dienone is 1. The standard InChI is InChI=1S/C23H17N3O3/c1-16-7-12-21-22(14-16)29-23(25-21)18-8-10-19(11-9-18)24-13-3-5-17-4-2-6-20(15-17)26(27)28/h2-15H,1H3/b5-3-,24-13?. The topological polar surface area (TPSA) is 81.5 Å². The minimum Gasteiger partial charge on any atom is -0.436 e. The molecule has 3 aromatic carbocycles. The molecular formula is C23H17N3O3. The molecule has 4 aromatic rings. The lowest BCUT2D eigenvalue weighted by Gasteiger charge is -1.96. The van der Waals surface area contributed by atoms with Gasteiger partial charge in [0.15, 0.2) is 5.58 Å². The van der Waals surface area contributed by atoms with E-state index in [1.165, 1.54) is 12.1 Å². The number of fused-ring (bicyclic) bond motifs is 1. The Morgan fingerprint density at radius 2 is 1.90 bits per heavy atom. The van der Waals surface area contributed by atoms with Crippen LogP contribution in [0.1, 0.15) is 11.1 Å². The molecule has 0 N–H and O–H groups in total. The van der Waals surface area contributed by atoms with Crippen molar-refractivity contribution >= 4 is 34.8 Å². The number of hydrogen-bond donors (Lipinski definition) is 0. The number of hydrogen-bond acceptors (Lipinski definition) is 5. The van der Waals surface area contributed by atoms with Gasteiger partial charge < -0.3 is 4.42 Å². The number of nitrogens with zero attached hydrogens (tertiary/aromatic N) is 3. The third kappa shape index (κ3) is 4.27. The van der Waals surface area contributed by atoms with E-state index < -0.39 is 4.92 Å². The van der Waals surface area contributed by atoms with Crippen LogP contribution in [-0.2, 0) is 0 Å². The average molecular weight is 383 g/mol. The smallest absolute Gasteiger partial charge is 0.270 e. The van der Waals surface area contributed by atoms with Gasteiger partial charge in [0.2, 0.25) is 5.89 Å². The minimum absolute atomic E-state index is 0.0639. The molecule has 0 unspecified atom stereocenters. The lowest BCUT2D eigenvalue weighted by Crippen LogP contribution is -1.87. The molecule has 0 amide bonds. The van der Waals surface area contributed by atoms with Crippen molar-refractivity contribution in [3.63, 3.8) is 0 Å². The second-order valence-corrected chi connectivity index (χ2v) is 6.53. The van der Waals surface area contributed by atoms with E-state index in [0.717, 1.165) is 33.5 Å². The van der Waals surface area contributed by atoms with Gasteiger partial charge in [0.05, 0.1) is 10.6 Å². The van der Waals surface area contributed by atoms with Crippen molar-refractivity contribution in [2.75, 3.05) is 0 Å². The molecule has 6 heteroatoms. The zero-order chi connectivity index (χ0) is 20.2. The van der Waals surface area contributed by atoms with Gasteiger partial charge in [-0.25, -0.2) is 4.98 Å². The summed E-state index contributed by atoms with van der Waals surface area (Å²) in [6.45, 7) is 2.02. The van der Waals surface area contributed by atoms with Crippen LogP contribution in [0.3, 0.4) is 0 Å². The molecule has 0 aliphatic heterocycles. The van der Waals surface area contributed by atoms with Crippen LogP contribution in [0.5, 0.6) is 0 Å². The molecule has 0 saturated carbocycles. The number of nitro groups is 1. The van der Waals surface area contributed by atoms with Gasteiger partial charge in [0, 0.05) is 23.9 Å². The van der Waals surface area contributed by atoms with E-state index in [2.05, 4.69) is 9.98 Å². The quantitative estimate of drug-likeness (QED) is 0.236. The summed E-state index contributed by atoms with van der Waals surface area (Å²) < 4.78 is 5.84. The van der Waals surface area contributed by atoms with Crippen molar-refractivity contribution < 1.29 is 9.34 Å². The van der Waals surface area contributed by atoms with Crippen LogP contribution in [0.2, 0.25) is 0 Å². The second kappa shape index (κ2) is 7.90. The minimum atomic E-state index is -0.412. The number of benzene rings is 3. The summed E-state index contributed by atoms with van der Waals surface area (Å²) >= 11 is 0. The van der Waals surface area contributed by atoms with Gasteiger partial charge in [0.25, 0.3) is 5.69 Å². The fourth-order valence-electron chi connectivity index (χ4n) is 2.87. The second-order valence-electron chi connectivity index (χ2n) is 6.53. The third-order valence-corrected chi connectivity index (χ3v) is 4.34. The molecule has 0 bridgehead atoms. The van der Waals surface area contributed by atoms with Crippen LogP contribution in [-0.4, -0.2) is 16.1 Å². The van der Waals surface area contributed by atoms with Gasteiger partial charge in [-0.2, -0.15) is 0 Å².